The van der Waals surface area contributed by atoms with Gasteiger partial charge < -0.3 is 24.3 Å². The average molecular weight is 405 g/mol. The van der Waals surface area contributed by atoms with Gasteiger partial charge in [0.05, 0.1) is 25.5 Å². The molecule has 2 aromatic rings. The number of carbonyl (C=O) groups excluding carboxylic acids is 2. The molecule has 1 aliphatic heterocycles. The molecule has 0 atom stereocenters. The number of hydrogen-bond acceptors (Lipinski definition) is 6. The second kappa shape index (κ2) is 8.59. The smallest absolute Gasteiger partial charge is 0.340 e. The fraction of sp³-hybridized carbons (Fsp3) is 0.200. The fourth-order valence-corrected chi connectivity index (χ4v) is 2.65. The summed E-state index contributed by atoms with van der Waals surface area (Å²) in [4.78, 5) is 23.7. The summed E-state index contributed by atoms with van der Waals surface area (Å²) < 4.78 is 48.3. The number of carbonyl (C=O) groups is 2. The van der Waals surface area contributed by atoms with Crippen LogP contribution in [-0.2, 0) is 9.53 Å². The van der Waals surface area contributed by atoms with Crippen molar-refractivity contribution in [2.45, 2.75) is 0 Å². The topological polar surface area (TPSA) is 83.1 Å². The number of fused-ring (bicyclic) bond motifs is 1. The number of nitrogens with one attached hydrogen (secondary N) is 1. The molecule has 1 aliphatic rings. The molecule has 0 aromatic heterocycles. The lowest BCUT2D eigenvalue weighted by Crippen LogP contribution is -2.16. The van der Waals surface area contributed by atoms with Crippen molar-refractivity contribution in [1.82, 2.24) is 0 Å². The van der Waals surface area contributed by atoms with E-state index in [4.69, 9.17) is 14.2 Å². The summed E-state index contributed by atoms with van der Waals surface area (Å²) in [7, 11) is 2.54. The summed E-state index contributed by atoms with van der Waals surface area (Å²) >= 11 is 0. The number of methoxy groups -OCH3 is 2. The van der Waals surface area contributed by atoms with Gasteiger partial charge >= 0.3 is 5.97 Å². The molecule has 0 aliphatic carbocycles. The zero-order valence-electron chi connectivity index (χ0n) is 15.6. The SMILES string of the molecule is COC(=O)c1cc(NC(=O)/C=C/c2cc(OC)c3c(c2)OCCO3)c(F)cc1F. The molecule has 0 radical (unpaired) electrons. The van der Waals surface area contributed by atoms with Gasteiger partial charge in [0.1, 0.15) is 24.8 Å². The van der Waals surface area contributed by atoms with E-state index < -0.39 is 29.1 Å². The molecule has 0 fully saturated rings. The van der Waals surface area contributed by atoms with Crippen LogP contribution in [0.4, 0.5) is 14.5 Å². The second-order valence-electron chi connectivity index (χ2n) is 5.87. The summed E-state index contributed by atoms with van der Waals surface area (Å²) in [6, 6.07) is 4.67. The van der Waals surface area contributed by atoms with Crippen molar-refractivity contribution >= 4 is 23.6 Å². The Bertz CT molecular complexity index is 972. The molecule has 152 valence electrons. The molecule has 0 saturated heterocycles. The summed E-state index contributed by atoms with van der Waals surface area (Å²) in [5, 5.41) is 2.26. The number of esters is 1. The molecule has 0 unspecified atom stereocenters. The maximum Gasteiger partial charge on any atom is 0.340 e. The Kier molecular flexibility index (Phi) is 5.96. The summed E-state index contributed by atoms with van der Waals surface area (Å²) in [5.41, 5.74) is -0.276. The van der Waals surface area contributed by atoms with Crippen LogP contribution in [0.1, 0.15) is 15.9 Å². The van der Waals surface area contributed by atoms with Crippen molar-refractivity contribution in [3.05, 3.63) is 53.1 Å². The number of rotatable bonds is 5. The first kappa shape index (κ1) is 20.1. The van der Waals surface area contributed by atoms with Crippen LogP contribution >= 0.6 is 0 Å². The minimum absolute atomic E-state index is 0.360. The Morgan fingerprint density at radius 1 is 1.07 bits per heavy atom. The fourth-order valence-electron chi connectivity index (χ4n) is 2.65. The van der Waals surface area contributed by atoms with Gasteiger partial charge in [-0.25, -0.2) is 13.6 Å². The molecule has 1 heterocycles. The van der Waals surface area contributed by atoms with Crippen LogP contribution in [0.2, 0.25) is 0 Å². The number of benzene rings is 2. The molecular weight excluding hydrogens is 388 g/mol. The van der Waals surface area contributed by atoms with Crippen molar-refractivity contribution in [2.24, 2.45) is 0 Å². The number of ether oxygens (including phenoxy) is 4. The van der Waals surface area contributed by atoms with Gasteiger partial charge in [-0.3, -0.25) is 4.79 Å². The first-order chi connectivity index (χ1) is 13.9. The summed E-state index contributed by atoms with van der Waals surface area (Å²) in [6.07, 6.45) is 2.60. The molecule has 2 aromatic carbocycles. The van der Waals surface area contributed by atoms with E-state index >= 15 is 0 Å². The third-order valence-electron chi connectivity index (χ3n) is 4.00. The predicted octanol–water partition coefficient (Wildman–Crippen LogP) is 3.18. The lowest BCUT2D eigenvalue weighted by molar-refractivity contribution is -0.111. The van der Waals surface area contributed by atoms with Crippen molar-refractivity contribution in [2.75, 3.05) is 32.8 Å². The van der Waals surface area contributed by atoms with E-state index in [2.05, 4.69) is 10.1 Å². The summed E-state index contributed by atoms with van der Waals surface area (Å²) in [5.74, 6) is -2.41. The largest absolute Gasteiger partial charge is 0.493 e. The average Bonchev–Trinajstić information content (AvgIpc) is 2.73. The van der Waals surface area contributed by atoms with Gasteiger partial charge in [-0.1, -0.05) is 0 Å². The van der Waals surface area contributed by atoms with Crippen LogP contribution in [0.15, 0.2) is 30.3 Å². The van der Waals surface area contributed by atoms with Gasteiger partial charge in [0.15, 0.2) is 11.5 Å². The molecular formula is C20H17F2NO6. The van der Waals surface area contributed by atoms with Crippen LogP contribution in [0.3, 0.4) is 0 Å². The maximum absolute atomic E-state index is 13.9. The minimum Gasteiger partial charge on any atom is -0.493 e. The third-order valence-corrected chi connectivity index (χ3v) is 4.00. The maximum atomic E-state index is 13.9. The second-order valence-corrected chi connectivity index (χ2v) is 5.87. The van der Waals surface area contributed by atoms with Crippen LogP contribution in [-0.4, -0.2) is 39.3 Å². The molecule has 29 heavy (non-hydrogen) atoms. The Balaban J connectivity index is 1.79. The zero-order chi connectivity index (χ0) is 21.0. The van der Waals surface area contributed by atoms with Gasteiger partial charge in [-0.2, -0.15) is 0 Å². The third kappa shape index (κ3) is 4.45. The van der Waals surface area contributed by atoms with E-state index in [1.165, 1.54) is 13.2 Å². The van der Waals surface area contributed by atoms with Crippen molar-refractivity contribution < 1.29 is 37.3 Å². The van der Waals surface area contributed by atoms with E-state index in [1.54, 1.807) is 12.1 Å². The highest BCUT2D eigenvalue weighted by Gasteiger charge is 2.19. The van der Waals surface area contributed by atoms with Gasteiger partial charge in [0.25, 0.3) is 0 Å². The first-order valence-electron chi connectivity index (χ1n) is 8.47. The highest BCUT2D eigenvalue weighted by Crippen LogP contribution is 2.40. The number of halogens is 2. The quantitative estimate of drug-likeness (QED) is 0.608. The Morgan fingerprint density at radius 3 is 2.55 bits per heavy atom. The monoisotopic (exact) mass is 405 g/mol. The lowest BCUT2D eigenvalue weighted by Gasteiger charge is -2.20. The minimum atomic E-state index is -1.09. The van der Waals surface area contributed by atoms with E-state index in [0.717, 1.165) is 19.3 Å². The molecule has 0 saturated carbocycles. The highest BCUT2D eigenvalue weighted by atomic mass is 19.1. The van der Waals surface area contributed by atoms with Crippen molar-refractivity contribution in [3.63, 3.8) is 0 Å². The standard InChI is InChI=1S/C20H17F2NO6/c1-26-16-7-11(8-17-19(16)29-6-5-28-17)3-4-18(24)23-15-9-12(20(25)27-2)13(21)10-14(15)22/h3-4,7-10H,5-6H2,1-2H3,(H,23,24)/b4-3+. The molecule has 7 nitrogen and oxygen atoms in total. The van der Waals surface area contributed by atoms with Gasteiger partial charge in [0, 0.05) is 12.1 Å². The zero-order valence-corrected chi connectivity index (χ0v) is 15.6. The predicted molar refractivity (Wildman–Crippen MR) is 99.3 cm³/mol. The molecule has 1 N–H and O–H groups in total. The molecule has 3 rings (SSSR count). The molecule has 0 spiro atoms. The number of amides is 1. The number of hydrogen-bond donors (Lipinski definition) is 1. The molecule has 1 amide bonds. The van der Waals surface area contributed by atoms with E-state index in [9.17, 15) is 18.4 Å². The highest BCUT2D eigenvalue weighted by molar-refractivity contribution is 6.03. The van der Waals surface area contributed by atoms with E-state index in [0.29, 0.717) is 42.1 Å². The van der Waals surface area contributed by atoms with E-state index in [-0.39, 0.29) is 5.69 Å². The van der Waals surface area contributed by atoms with Crippen LogP contribution in [0, 0.1) is 11.6 Å². The van der Waals surface area contributed by atoms with Gasteiger partial charge in [0.2, 0.25) is 11.7 Å². The van der Waals surface area contributed by atoms with Gasteiger partial charge in [-0.15, -0.1) is 0 Å². The Morgan fingerprint density at radius 2 is 1.83 bits per heavy atom. The first-order valence-corrected chi connectivity index (χ1v) is 8.47. The molecule has 0 bridgehead atoms. The molecule has 9 heteroatoms. The normalized spacial score (nSPS) is 12.6. The number of anilines is 1. The van der Waals surface area contributed by atoms with Crippen LogP contribution < -0.4 is 19.5 Å². The van der Waals surface area contributed by atoms with E-state index in [1.807, 2.05) is 0 Å². The lowest BCUT2D eigenvalue weighted by atomic mass is 10.1. The summed E-state index contributed by atoms with van der Waals surface area (Å²) in [6.45, 7) is 0.786. The van der Waals surface area contributed by atoms with Gasteiger partial charge in [-0.05, 0) is 29.8 Å². The Labute approximate surface area is 164 Å². The van der Waals surface area contributed by atoms with Crippen LogP contribution in [0.25, 0.3) is 6.08 Å². The van der Waals surface area contributed by atoms with Crippen molar-refractivity contribution in [1.29, 1.82) is 0 Å². The van der Waals surface area contributed by atoms with Crippen LogP contribution in [0.5, 0.6) is 17.2 Å². The van der Waals surface area contributed by atoms with Crippen molar-refractivity contribution in [3.8, 4) is 17.2 Å². The Hall–Kier alpha value is -3.62.